The zero-order valence-corrected chi connectivity index (χ0v) is 14.1. The lowest BCUT2D eigenvalue weighted by Gasteiger charge is -2.09. The quantitative estimate of drug-likeness (QED) is 0.718. The number of rotatable bonds is 3. The topological polar surface area (TPSA) is 38.3 Å². The van der Waals surface area contributed by atoms with E-state index < -0.39 is 0 Å². The first kappa shape index (κ1) is 15.4. The maximum Gasteiger partial charge on any atom is 0.255 e. The van der Waals surface area contributed by atoms with Crippen LogP contribution in [0.25, 0.3) is 0 Å². The minimum Gasteiger partial charge on any atom is -0.495 e. The molecular weight excluding hydrogens is 412 g/mol. The number of ether oxygens (including phenoxy) is 1. The number of carbonyl (C=O) groups excluding carboxylic acids is 1. The normalized spacial score (nSPS) is 10.2. The van der Waals surface area contributed by atoms with E-state index in [0.29, 0.717) is 27.0 Å². The van der Waals surface area contributed by atoms with Gasteiger partial charge in [-0.1, -0.05) is 23.2 Å². The molecule has 0 radical (unpaired) electrons. The Hall–Kier alpha value is -0.980. The van der Waals surface area contributed by atoms with Gasteiger partial charge in [0.05, 0.1) is 22.8 Å². The van der Waals surface area contributed by atoms with Crippen molar-refractivity contribution in [1.29, 1.82) is 0 Å². The van der Waals surface area contributed by atoms with E-state index in [1.54, 1.807) is 30.3 Å². The standard InChI is InChI=1S/C14H10Cl2INO2/c1-20-13-5-2-8(6-11(13)16)14(19)18-12-4-3-9(17)7-10(12)15/h2-7H,1H3,(H,18,19). The molecule has 0 aliphatic rings. The van der Waals surface area contributed by atoms with E-state index in [0.717, 1.165) is 3.57 Å². The summed E-state index contributed by atoms with van der Waals surface area (Å²) in [6.07, 6.45) is 0. The number of hydrogen-bond acceptors (Lipinski definition) is 2. The monoisotopic (exact) mass is 421 g/mol. The molecule has 1 N–H and O–H groups in total. The molecule has 2 aromatic rings. The van der Waals surface area contributed by atoms with Gasteiger partial charge < -0.3 is 10.1 Å². The van der Waals surface area contributed by atoms with Crippen molar-refractivity contribution in [3.05, 3.63) is 55.6 Å². The first-order valence-electron chi connectivity index (χ1n) is 5.61. The second-order valence-electron chi connectivity index (χ2n) is 3.93. The summed E-state index contributed by atoms with van der Waals surface area (Å²) in [5.74, 6) is 0.244. The number of nitrogens with one attached hydrogen (secondary N) is 1. The fourth-order valence-electron chi connectivity index (χ4n) is 1.59. The number of benzene rings is 2. The number of anilines is 1. The highest BCUT2D eigenvalue weighted by Crippen LogP contribution is 2.27. The van der Waals surface area contributed by atoms with Crippen molar-refractivity contribution in [3.8, 4) is 5.75 Å². The van der Waals surface area contributed by atoms with Gasteiger partial charge in [0.2, 0.25) is 0 Å². The largest absolute Gasteiger partial charge is 0.495 e. The fraction of sp³-hybridized carbons (Fsp3) is 0.0714. The molecule has 0 bridgehead atoms. The van der Waals surface area contributed by atoms with Crippen LogP contribution in [0.15, 0.2) is 36.4 Å². The number of carbonyl (C=O) groups is 1. The molecule has 3 nitrogen and oxygen atoms in total. The molecule has 1 amide bonds. The summed E-state index contributed by atoms with van der Waals surface area (Å²) in [4.78, 5) is 12.1. The second-order valence-corrected chi connectivity index (χ2v) is 5.99. The molecule has 2 rings (SSSR count). The van der Waals surface area contributed by atoms with E-state index in [2.05, 4.69) is 27.9 Å². The molecule has 104 valence electrons. The van der Waals surface area contributed by atoms with Crippen LogP contribution in [0.2, 0.25) is 10.0 Å². The third kappa shape index (κ3) is 3.56. The Labute approximate surface area is 140 Å². The molecule has 0 heterocycles. The van der Waals surface area contributed by atoms with E-state index in [4.69, 9.17) is 27.9 Å². The van der Waals surface area contributed by atoms with Crippen molar-refractivity contribution >= 4 is 57.4 Å². The Morgan fingerprint density at radius 1 is 1.15 bits per heavy atom. The lowest BCUT2D eigenvalue weighted by atomic mass is 10.2. The Kier molecular flexibility index (Phi) is 5.12. The summed E-state index contributed by atoms with van der Waals surface area (Å²) >= 11 is 14.2. The third-order valence-electron chi connectivity index (χ3n) is 2.59. The predicted octanol–water partition coefficient (Wildman–Crippen LogP) is 4.86. The number of methoxy groups -OCH3 is 1. The van der Waals surface area contributed by atoms with Gasteiger partial charge in [0, 0.05) is 9.13 Å². The average Bonchev–Trinajstić information content (AvgIpc) is 2.41. The lowest BCUT2D eigenvalue weighted by molar-refractivity contribution is 0.102. The fourth-order valence-corrected chi connectivity index (χ4v) is 2.75. The van der Waals surface area contributed by atoms with E-state index >= 15 is 0 Å². The first-order chi connectivity index (χ1) is 9.51. The molecule has 0 aliphatic heterocycles. The van der Waals surface area contributed by atoms with Crippen molar-refractivity contribution in [2.75, 3.05) is 12.4 Å². The minimum atomic E-state index is -0.280. The number of hydrogen-bond donors (Lipinski definition) is 1. The highest BCUT2D eigenvalue weighted by molar-refractivity contribution is 14.1. The van der Waals surface area contributed by atoms with Crippen LogP contribution in [-0.2, 0) is 0 Å². The van der Waals surface area contributed by atoms with E-state index in [-0.39, 0.29) is 5.91 Å². The van der Waals surface area contributed by atoms with Crippen LogP contribution in [-0.4, -0.2) is 13.0 Å². The lowest BCUT2D eigenvalue weighted by Crippen LogP contribution is -2.12. The van der Waals surface area contributed by atoms with Crippen molar-refractivity contribution in [2.45, 2.75) is 0 Å². The summed E-state index contributed by atoms with van der Waals surface area (Å²) in [5, 5.41) is 3.62. The third-order valence-corrected chi connectivity index (χ3v) is 3.87. The highest BCUT2D eigenvalue weighted by atomic mass is 127. The summed E-state index contributed by atoms with van der Waals surface area (Å²) in [7, 11) is 1.52. The highest BCUT2D eigenvalue weighted by Gasteiger charge is 2.11. The van der Waals surface area contributed by atoms with Crippen LogP contribution < -0.4 is 10.1 Å². The van der Waals surface area contributed by atoms with Gasteiger partial charge in [-0.3, -0.25) is 4.79 Å². The summed E-state index contributed by atoms with van der Waals surface area (Å²) in [6, 6.07) is 10.2. The molecule has 2 aromatic carbocycles. The van der Waals surface area contributed by atoms with E-state index in [9.17, 15) is 4.79 Å². The van der Waals surface area contributed by atoms with Crippen LogP contribution in [0, 0.1) is 3.57 Å². The van der Waals surface area contributed by atoms with Crippen LogP contribution in [0.5, 0.6) is 5.75 Å². The molecule has 0 aliphatic carbocycles. The predicted molar refractivity (Wildman–Crippen MR) is 90.1 cm³/mol. The summed E-state index contributed by atoms with van der Waals surface area (Å²) in [6.45, 7) is 0. The Bertz CT molecular complexity index is 662. The molecule has 0 aromatic heterocycles. The van der Waals surface area contributed by atoms with Gasteiger partial charge in [-0.15, -0.1) is 0 Å². The van der Waals surface area contributed by atoms with Crippen molar-refractivity contribution < 1.29 is 9.53 Å². The van der Waals surface area contributed by atoms with Crippen molar-refractivity contribution in [2.24, 2.45) is 0 Å². The molecular formula is C14H10Cl2INO2. The maximum atomic E-state index is 12.1. The second kappa shape index (κ2) is 6.65. The Morgan fingerprint density at radius 2 is 1.90 bits per heavy atom. The zero-order chi connectivity index (χ0) is 14.7. The van der Waals surface area contributed by atoms with Crippen molar-refractivity contribution in [1.82, 2.24) is 0 Å². The zero-order valence-electron chi connectivity index (χ0n) is 10.4. The molecule has 6 heteroatoms. The Morgan fingerprint density at radius 3 is 2.50 bits per heavy atom. The van der Waals surface area contributed by atoms with Gasteiger partial charge in [-0.05, 0) is 59.0 Å². The minimum absolute atomic E-state index is 0.280. The van der Waals surface area contributed by atoms with E-state index in [1.807, 2.05) is 6.07 Å². The maximum absolute atomic E-state index is 12.1. The van der Waals surface area contributed by atoms with Gasteiger partial charge in [-0.2, -0.15) is 0 Å². The van der Waals surface area contributed by atoms with E-state index in [1.165, 1.54) is 7.11 Å². The summed E-state index contributed by atoms with van der Waals surface area (Å²) < 4.78 is 6.04. The first-order valence-corrected chi connectivity index (χ1v) is 7.44. The SMILES string of the molecule is COc1ccc(C(=O)Nc2ccc(I)cc2Cl)cc1Cl. The van der Waals surface area contributed by atoms with Gasteiger partial charge in [-0.25, -0.2) is 0 Å². The number of amides is 1. The van der Waals surface area contributed by atoms with Gasteiger partial charge >= 0.3 is 0 Å². The molecule has 0 fully saturated rings. The molecule has 0 saturated carbocycles. The smallest absolute Gasteiger partial charge is 0.255 e. The van der Waals surface area contributed by atoms with Crippen LogP contribution in [0.1, 0.15) is 10.4 Å². The molecule has 20 heavy (non-hydrogen) atoms. The van der Waals surface area contributed by atoms with Gasteiger partial charge in [0.15, 0.2) is 0 Å². The van der Waals surface area contributed by atoms with Crippen LogP contribution in [0.4, 0.5) is 5.69 Å². The van der Waals surface area contributed by atoms with Crippen LogP contribution >= 0.6 is 45.8 Å². The van der Waals surface area contributed by atoms with Gasteiger partial charge in [0.25, 0.3) is 5.91 Å². The van der Waals surface area contributed by atoms with Crippen LogP contribution in [0.3, 0.4) is 0 Å². The summed E-state index contributed by atoms with van der Waals surface area (Å²) in [5.41, 5.74) is 0.995. The van der Waals surface area contributed by atoms with Crippen molar-refractivity contribution in [3.63, 3.8) is 0 Å². The molecule has 0 spiro atoms. The molecule has 0 atom stereocenters. The molecule has 0 saturated heterocycles. The number of halogens is 3. The Balaban J connectivity index is 2.21. The van der Waals surface area contributed by atoms with Gasteiger partial charge in [0.1, 0.15) is 5.75 Å². The average molecular weight is 422 g/mol. The molecule has 0 unspecified atom stereocenters.